The Bertz CT molecular complexity index is 879. The third-order valence-corrected chi connectivity index (χ3v) is 5.07. The van der Waals surface area contributed by atoms with Crippen LogP contribution in [0.4, 0.5) is 5.69 Å². The molecule has 3 rings (SSSR count). The van der Waals surface area contributed by atoms with Gasteiger partial charge in [0.05, 0.1) is 6.54 Å². The van der Waals surface area contributed by atoms with Crippen molar-refractivity contribution in [2.75, 3.05) is 11.9 Å². The first-order valence-electron chi connectivity index (χ1n) is 10.4. The molecule has 0 aromatic heterocycles. The standard InChI is InChI=1S/C26H31NO2/c1-4-20(2)25-15-8-9-16-26(25)29-21(3)18-27-23-13-10-14-24(17-23)28-19-22-11-6-5-7-12-22/h5-17,20-21,27H,4,18-19H2,1-3H3/t20-,21+/m1/s1. The minimum absolute atomic E-state index is 0.0501. The van der Waals surface area contributed by atoms with Crippen molar-refractivity contribution >= 4 is 5.69 Å². The third-order valence-electron chi connectivity index (χ3n) is 5.07. The number of anilines is 1. The zero-order valence-electron chi connectivity index (χ0n) is 17.6. The van der Waals surface area contributed by atoms with Crippen LogP contribution in [-0.4, -0.2) is 12.6 Å². The van der Waals surface area contributed by atoms with Crippen molar-refractivity contribution in [1.82, 2.24) is 0 Å². The van der Waals surface area contributed by atoms with Crippen molar-refractivity contribution in [3.8, 4) is 11.5 Å². The maximum Gasteiger partial charge on any atom is 0.123 e. The summed E-state index contributed by atoms with van der Waals surface area (Å²) in [4.78, 5) is 0. The van der Waals surface area contributed by atoms with Gasteiger partial charge in [-0.2, -0.15) is 0 Å². The Morgan fingerprint density at radius 3 is 2.41 bits per heavy atom. The van der Waals surface area contributed by atoms with Gasteiger partial charge in [0.2, 0.25) is 0 Å². The van der Waals surface area contributed by atoms with Crippen LogP contribution in [0.2, 0.25) is 0 Å². The van der Waals surface area contributed by atoms with E-state index in [2.05, 4.69) is 62.5 Å². The van der Waals surface area contributed by atoms with Crippen LogP contribution in [0.3, 0.4) is 0 Å². The highest BCUT2D eigenvalue weighted by Gasteiger charge is 2.12. The molecule has 0 unspecified atom stereocenters. The molecule has 0 aliphatic rings. The molecule has 0 saturated carbocycles. The predicted octanol–water partition coefficient (Wildman–Crippen LogP) is 6.66. The average Bonchev–Trinajstić information content (AvgIpc) is 2.77. The first-order valence-corrected chi connectivity index (χ1v) is 10.4. The Morgan fingerprint density at radius 2 is 1.62 bits per heavy atom. The molecule has 29 heavy (non-hydrogen) atoms. The maximum atomic E-state index is 6.23. The SMILES string of the molecule is CC[C@@H](C)c1ccccc1O[C@@H](C)CNc1cccc(OCc2ccccc2)c1. The van der Waals surface area contributed by atoms with E-state index in [0.29, 0.717) is 12.5 Å². The van der Waals surface area contributed by atoms with Gasteiger partial charge in [0.1, 0.15) is 24.2 Å². The van der Waals surface area contributed by atoms with Crippen LogP contribution in [0, 0.1) is 0 Å². The fourth-order valence-corrected chi connectivity index (χ4v) is 3.17. The Kier molecular flexibility index (Phi) is 7.57. The van der Waals surface area contributed by atoms with Gasteiger partial charge in [-0.15, -0.1) is 0 Å². The number of nitrogens with one attached hydrogen (secondary N) is 1. The number of para-hydroxylation sites is 1. The lowest BCUT2D eigenvalue weighted by Crippen LogP contribution is -2.23. The molecule has 3 aromatic carbocycles. The molecule has 0 amide bonds. The third kappa shape index (κ3) is 6.28. The van der Waals surface area contributed by atoms with Crippen molar-refractivity contribution in [2.45, 2.75) is 45.8 Å². The van der Waals surface area contributed by atoms with Crippen LogP contribution >= 0.6 is 0 Å². The van der Waals surface area contributed by atoms with Crippen molar-refractivity contribution in [2.24, 2.45) is 0 Å². The van der Waals surface area contributed by atoms with E-state index in [9.17, 15) is 0 Å². The van der Waals surface area contributed by atoms with E-state index in [4.69, 9.17) is 9.47 Å². The summed E-state index contributed by atoms with van der Waals surface area (Å²) in [5.41, 5.74) is 3.47. The van der Waals surface area contributed by atoms with Gasteiger partial charge >= 0.3 is 0 Å². The molecule has 0 radical (unpaired) electrons. The lowest BCUT2D eigenvalue weighted by molar-refractivity contribution is 0.231. The largest absolute Gasteiger partial charge is 0.489 e. The van der Waals surface area contributed by atoms with Crippen LogP contribution in [0.25, 0.3) is 0 Å². The minimum Gasteiger partial charge on any atom is -0.489 e. The number of ether oxygens (including phenoxy) is 2. The van der Waals surface area contributed by atoms with Crippen LogP contribution in [0.5, 0.6) is 11.5 Å². The predicted molar refractivity (Wildman–Crippen MR) is 121 cm³/mol. The molecule has 0 bridgehead atoms. The summed E-state index contributed by atoms with van der Waals surface area (Å²) in [6.45, 7) is 7.83. The van der Waals surface area contributed by atoms with Gasteiger partial charge in [0.25, 0.3) is 0 Å². The summed E-state index contributed by atoms with van der Waals surface area (Å²) >= 11 is 0. The number of hydrogen-bond donors (Lipinski definition) is 1. The van der Waals surface area contributed by atoms with Crippen LogP contribution in [0.15, 0.2) is 78.9 Å². The Balaban J connectivity index is 1.53. The van der Waals surface area contributed by atoms with E-state index in [1.54, 1.807) is 0 Å². The molecule has 152 valence electrons. The van der Waals surface area contributed by atoms with Gasteiger partial charge in [-0.25, -0.2) is 0 Å². The highest BCUT2D eigenvalue weighted by atomic mass is 16.5. The van der Waals surface area contributed by atoms with Gasteiger partial charge in [-0.3, -0.25) is 0 Å². The van der Waals surface area contributed by atoms with Crippen LogP contribution < -0.4 is 14.8 Å². The summed E-state index contributed by atoms with van der Waals surface area (Å²) in [5.74, 6) is 2.33. The van der Waals surface area contributed by atoms with Gasteiger partial charge in [0, 0.05) is 11.8 Å². The van der Waals surface area contributed by atoms with E-state index >= 15 is 0 Å². The van der Waals surface area contributed by atoms with Gasteiger partial charge in [-0.05, 0) is 48.6 Å². The molecule has 3 heteroatoms. The second kappa shape index (κ2) is 10.6. The monoisotopic (exact) mass is 389 g/mol. The first-order chi connectivity index (χ1) is 14.2. The molecule has 0 fully saturated rings. The first kappa shape index (κ1) is 20.8. The lowest BCUT2D eigenvalue weighted by Gasteiger charge is -2.21. The second-order valence-electron chi connectivity index (χ2n) is 7.46. The molecule has 0 spiro atoms. The van der Waals surface area contributed by atoms with E-state index < -0.39 is 0 Å². The van der Waals surface area contributed by atoms with Gasteiger partial charge in [0.15, 0.2) is 0 Å². The molecule has 0 saturated heterocycles. The molecule has 1 N–H and O–H groups in total. The molecular formula is C26H31NO2. The van der Waals surface area contributed by atoms with Crippen LogP contribution in [-0.2, 0) is 6.61 Å². The molecule has 0 heterocycles. The number of benzene rings is 3. The fraction of sp³-hybridized carbons (Fsp3) is 0.308. The summed E-state index contributed by atoms with van der Waals surface area (Å²) in [7, 11) is 0. The molecule has 3 nitrogen and oxygen atoms in total. The van der Waals surface area contributed by atoms with Gasteiger partial charge < -0.3 is 14.8 Å². The summed E-state index contributed by atoms with van der Waals surface area (Å²) < 4.78 is 12.2. The second-order valence-corrected chi connectivity index (χ2v) is 7.46. The molecular weight excluding hydrogens is 358 g/mol. The summed E-state index contributed by atoms with van der Waals surface area (Å²) in [5, 5.41) is 3.46. The molecule has 0 aliphatic heterocycles. The average molecular weight is 390 g/mol. The summed E-state index contributed by atoms with van der Waals surface area (Å²) in [6, 6.07) is 26.6. The molecule has 2 atom stereocenters. The Hall–Kier alpha value is -2.94. The van der Waals surface area contributed by atoms with E-state index in [1.165, 1.54) is 5.56 Å². The van der Waals surface area contributed by atoms with Gasteiger partial charge in [-0.1, -0.05) is 68.4 Å². The van der Waals surface area contributed by atoms with Crippen molar-refractivity contribution in [3.05, 3.63) is 90.0 Å². The van der Waals surface area contributed by atoms with Crippen LogP contribution in [0.1, 0.15) is 44.2 Å². The van der Waals surface area contributed by atoms with Crippen molar-refractivity contribution in [1.29, 1.82) is 0 Å². The van der Waals surface area contributed by atoms with Crippen molar-refractivity contribution < 1.29 is 9.47 Å². The fourth-order valence-electron chi connectivity index (χ4n) is 3.17. The minimum atomic E-state index is 0.0501. The number of hydrogen-bond acceptors (Lipinski definition) is 3. The summed E-state index contributed by atoms with van der Waals surface area (Å²) in [6.07, 6.45) is 1.15. The number of rotatable bonds is 10. The highest BCUT2D eigenvalue weighted by Crippen LogP contribution is 2.29. The van der Waals surface area contributed by atoms with Crippen molar-refractivity contribution in [3.63, 3.8) is 0 Å². The normalized spacial score (nSPS) is 12.8. The zero-order chi connectivity index (χ0) is 20.5. The lowest BCUT2D eigenvalue weighted by atomic mass is 9.98. The zero-order valence-corrected chi connectivity index (χ0v) is 17.6. The van der Waals surface area contributed by atoms with E-state index in [0.717, 1.165) is 35.7 Å². The topological polar surface area (TPSA) is 30.5 Å². The van der Waals surface area contributed by atoms with E-state index in [-0.39, 0.29) is 6.10 Å². The quantitative estimate of drug-likeness (QED) is 0.421. The highest BCUT2D eigenvalue weighted by molar-refractivity contribution is 5.48. The Morgan fingerprint density at radius 1 is 0.862 bits per heavy atom. The molecule has 0 aliphatic carbocycles. The molecule has 3 aromatic rings. The van der Waals surface area contributed by atoms with E-state index in [1.807, 2.05) is 42.5 Å². The smallest absolute Gasteiger partial charge is 0.123 e. The Labute approximate surface area is 174 Å². The maximum absolute atomic E-state index is 6.23.